The van der Waals surface area contributed by atoms with Crippen LogP contribution in [0.3, 0.4) is 0 Å². The number of anilines is 2. The quantitative estimate of drug-likeness (QED) is 0.816. The minimum atomic E-state index is -4.57. The minimum absolute atomic E-state index is 0.0134. The maximum Gasteiger partial charge on any atom is 0.418 e. The predicted molar refractivity (Wildman–Crippen MR) is 75.3 cm³/mol. The summed E-state index contributed by atoms with van der Waals surface area (Å²) in [5, 5.41) is 2.47. The topological polar surface area (TPSA) is 55.1 Å². The second-order valence-electron chi connectivity index (χ2n) is 4.23. The Balaban J connectivity index is 2.35. The molecule has 0 unspecified atom stereocenters. The standard InChI is InChI=1S/C14H10ClF3N2O/c15-8-5-6-11(19)9(7-8)13(21)20-12-4-2-1-3-10(12)14(16,17)18/h1-7H,19H2,(H,20,21). The lowest BCUT2D eigenvalue weighted by atomic mass is 10.1. The smallest absolute Gasteiger partial charge is 0.398 e. The third-order valence-electron chi connectivity index (χ3n) is 2.74. The van der Waals surface area contributed by atoms with Crippen molar-refractivity contribution < 1.29 is 18.0 Å². The summed E-state index contributed by atoms with van der Waals surface area (Å²) in [6.45, 7) is 0. The van der Waals surface area contributed by atoms with Gasteiger partial charge in [-0.15, -0.1) is 0 Å². The molecule has 1 amide bonds. The summed E-state index contributed by atoms with van der Waals surface area (Å²) in [4.78, 5) is 12.0. The molecule has 110 valence electrons. The van der Waals surface area contributed by atoms with Gasteiger partial charge in [0.1, 0.15) is 0 Å². The van der Waals surface area contributed by atoms with Crippen molar-refractivity contribution in [3.05, 3.63) is 58.6 Å². The minimum Gasteiger partial charge on any atom is -0.398 e. The molecule has 0 aromatic heterocycles. The number of nitrogens with one attached hydrogen (secondary N) is 1. The van der Waals surface area contributed by atoms with Gasteiger partial charge in [0.05, 0.1) is 16.8 Å². The lowest BCUT2D eigenvalue weighted by Crippen LogP contribution is -2.17. The third kappa shape index (κ3) is 3.46. The zero-order valence-corrected chi connectivity index (χ0v) is 11.3. The largest absolute Gasteiger partial charge is 0.418 e. The maximum absolute atomic E-state index is 12.8. The molecule has 0 aliphatic rings. The average molecular weight is 315 g/mol. The van der Waals surface area contributed by atoms with Crippen LogP contribution < -0.4 is 11.1 Å². The summed E-state index contributed by atoms with van der Waals surface area (Å²) >= 11 is 5.75. The molecule has 0 atom stereocenters. The number of nitrogen functional groups attached to an aromatic ring is 1. The molecule has 0 saturated carbocycles. The van der Waals surface area contributed by atoms with Crippen molar-refractivity contribution in [2.75, 3.05) is 11.1 Å². The normalized spacial score (nSPS) is 11.2. The van der Waals surface area contributed by atoms with E-state index in [2.05, 4.69) is 5.32 Å². The van der Waals surface area contributed by atoms with Gasteiger partial charge in [0, 0.05) is 10.7 Å². The molecule has 0 fully saturated rings. The lowest BCUT2D eigenvalue weighted by molar-refractivity contribution is -0.136. The molecule has 3 nitrogen and oxygen atoms in total. The van der Waals surface area contributed by atoms with Gasteiger partial charge in [0.25, 0.3) is 5.91 Å². The molecule has 3 N–H and O–H groups in total. The number of carbonyl (C=O) groups excluding carboxylic acids is 1. The van der Waals surface area contributed by atoms with Crippen molar-refractivity contribution in [2.45, 2.75) is 6.18 Å². The molecule has 0 spiro atoms. The van der Waals surface area contributed by atoms with Crippen LogP contribution in [0.4, 0.5) is 24.5 Å². The summed E-state index contributed by atoms with van der Waals surface area (Å²) in [5.74, 6) is -0.758. The number of amides is 1. The van der Waals surface area contributed by atoms with Crippen LogP contribution in [0.1, 0.15) is 15.9 Å². The molecular weight excluding hydrogens is 305 g/mol. The molecule has 0 aliphatic heterocycles. The Labute approximate surface area is 123 Å². The highest BCUT2D eigenvalue weighted by Crippen LogP contribution is 2.34. The summed E-state index contributed by atoms with van der Waals surface area (Å²) in [5.41, 5.74) is 4.50. The number of hydrogen-bond donors (Lipinski definition) is 2. The number of para-hydroxylation sites is 1. The Morgan fingerprint density at radius 2 is 1.81 bits per heavy atom. The Kier molecular flexibility index (Phi) is 4.09. The van der Waals surface area contributed by atoms with E-state index in [0.29, 0.717) is 0 Å². The van der Waals surface area contributed by atoms with Crippen LogP contribution in [-0.2, 0) is 6.18 Å². The highest BCUT2D eigenvalue weighted by atomic mass is 35.5. The van der Waals surface area contributed by atoms with Crippen LogP contribution in [0.25, 0.3) is 0 Å². The van der Waals surface area contributed by atoms with Crippen LogP contribution in [0.15, 0.2) is 42.5 Å². The summed E-state index contributed by atoms with van der Waals surface area (Å²) in [7, 11) is 0. The van der Waals surface area contributed by atoms with Crippen molar-refractivity contribution >= 4 is 28.9 Å². The fourth-order valence-corrected chi connectivity index (χ4v) is 1.93. The van der Waals surface area contributed by atoms with E-state index in [-0.39, 0.29) is 22.0 Å². The number of carbonyl (C=O) groups is 1. The molecular formula is C14H10ClF3N2O. The Morgan fingerprint density at radius 1 is 1.14 bits per heavy atom. The predicted octanol–water partition coefficient (Wildman–Crippen LogP) is 4.19. The number of alkyl halides is 3. The summed E-state index contributed by atoms with van der Waals surface area (Å²) in [6, 6.07) is 8.88. The third-order valence-corrected chi connectivity index (χ3v) is 2.98. The Hall–Kier alpha value is -2.21. The second kappa shape index (κ2) is 5.65. The van der Waals surface area contributed by atoms with Crippen LogP contribution in [0.2, 0.25) is 5.02 Å². The van der Waals surface area contributed by atoms with Gasteiger partial charge in [-0.3, -0.25) is 4.79 Å². The van der Waals surface area contributed by atoms with Gasteiger partial charge in [-0.25, -0.2) is 0 Å². The molecule has 2 rings (SSSR count). The van der Waals surface area contributed by atoms with Crippen molar-refractivity contribution in [3.63, 3.8) is 0 Å². The molecule has 0 radical (unpaired) electrons. The highest BCUT2D eigenvalue weighted by molar-refractivity contribution is 6.31. The fraction of sp³-hybridized carbons (Fsp3) is 0.0714. The number of halogens is 4. The summed E-state index contributed by atoms with van der Waals surface area (Å²) in [6.07, 6.45) is -4.57. The number of nitrogens with two attached hydrogens (primary N) is 1. The van der Waals surface area contributed by atoms with E-state index >= 15 is 0 Å². The van der Waals surface area contributed by atoms with E-state index in [9.17, 15) is 18.0 Å². The van der Waals surface area contributed by atoms with Crippen LogP contribution in [0, 0.1) is 0 Å². The molecule has 0 heterocycles. The van der Waals surface area contributed by atoms with E-state index in [0.717, 1.165) is 6.07 Å². The Bertz CT molecular complexity index is 686. The fourth-order valence-electron chi connectivity index (χ4n) is 1.75. The van der Waals surface area contributed by atoms with Crippen LogP contribution >= 0.6 is 11.6 Å². The SMILES string of the molecule is Nc1ccc(Cl)cc1C(=O)Nc1ccccc1C(F)(F)F. The molecule has 2 aromatic carbocycles. The highest BCUT2D eigenvalue weighted by Gasteiger charge is 2.33. The molecule has 21 heavy (non-hydrogen) atoms. The second-order valence-corrected chi connectivity index (χ2v) is 4.67. The van der Waals surface area contributed by atoms with Gasteiger partial charge in [0.15, 0.2) is 0 Å². The average Bonchev–Trinajstić information content (AvgIpc) is 2.41. The summed E-state index contributed by atoms with van der Waals surface area (Å²) < 4.78 is 38.5. The van der Waals surface area contributed by atoms with Crippen molar-refractivity contribution in [1.82, 2.24) is 0 Å². The molecule has 0 bridgehead atoms. The molecule has 7 heteroatoms. The Morgan fingerprint density at radius 3 is 2.48 bits per heavy atom. The maximum atomic E-state index is 12.8. The van der Waals surface area contributed by atoms with E-state index in [1.54, 1.807) is 0 Å². The van der Waals surface area contributed by atoms with Gasteiger partial charge in [-0.2, -0.15) is 13.2 Å². The first-order valence-corrected chi connectivity index (χ1v) is 6.19. The zero-order chi connectivity index (χ0) is 15.6. The lowest BCUT2D eigenvalue weighted by Gasteiger charge is -2.14. The van der Waals surface area contributed by atoms with E-state index in [1.807, 2.05) is 0 Å². The van der Waals surface area contributed by atoms with Crippen molar-refractivity contribution in [3.8, 4) is 0 Å². The first kappa shape index (κ1) is 15.2. The molecule has 0 aliphatic carbocycles. The van der Waals surface area contributed by atoms with Crippen LogP contribution in [-0.4, -0.2) is 5.91 Å². The number of benzene rings is 2. The molecule has 0 saturated heterocycles. The van der Waals surface area contributed by atoms with E-state index in [4.69, 9.17) is 17.3 Å². The van der Waals surface area contributed by atoms with E-state index < -0.39 is 17.6 Å². The zero-order valence-electron chi connectivity index (χ0n) is 10.5. The van der Waals surface area contributed by atoms with Gasteiger partial charge in [0.2, 0.25) is 0 Å². The van der Waals surface area contributed by atoms with Crippen molar-refractivity contribution in [2.24, 2.45) is 0 Å². The van der Waals surface area contributed by atoms with Gasteiger partial charge in [-0.1, -0.05) is 23.7 Å². The number of hydrogen-bond acceptors (Lipinski definition) is 2. The van der Waals surface area contributed by atoms with Crippen molar-refractivity contribution in [1.29, 1.82) is 0 Å². The van der Waals surface area contributed by atoms with Gasteiger partial charge < -0.3 is 11.1 Å². The van der Waals surface area contributed by atoms with Gasteiger partial charge in [-0.05, 0) is 30.3 Å². The van der Waals surface area contributed by atoms with E-state index in [1.165, 1.54) is 36.4 Å². The monoisotopic (exact) mass is 314 g/mol. The van der Waals surface area contributed by atoms with Gasteiger partial charge >= 0.3 is 6.18 Å². The first-order valence-electron chi connectivity index (χ1n) is 5.81. The first-order chi connectivity index (χ1) is 9.79. The molecule has 2 aromatic rings. The number of rotatable bonds is 2. The van der Waals surface area contributed by atoms with Crippen LogP contribution in [0.5, 0.6) is 0 Å².